The molecular weight excluding hydrogens is 408 g/mol. The van der Waals surface area contributed by atoms with E-state index in [2.05, 4.69) is 20.0 Å². The van der Waals surface area contributed by atoms with Crippen molar-refractivity contribution in [2.24, 2.45) is 0 Å². The molecule has 0 atom stereocenters. The average Bonchev–Trinajstić information content (AvgIpc) is 3.42. The molecule has 4 aromatic rings. The third-order valence-electron chi connectivity index (χ3n) is 5.90. The number of nitrogens with zero attached hydrogens (tertiary/aromatic N) is 5. The summed E-state index contributed by atoms with van der Waals surface area (Å²) in [5.74, 6) is 0.826. The van der Waals surface area contributed by atoms with Crippen LogP contribution >= 0.6 is 0 Å². The molecule has 0 amide bonds. The molecule has 0 bridgehead atoms. The summed E-state index contributed by atoms with van der Waals surface area (Å²) in [6.45, 7) is 4.07. The Balaban J connectivity index is 1.64. The number of ether oxygens (including phenoxy) is 1. The highest BCUT2D eigenvalue weighted by molar-refractivity contribution is 5.86. The van der Waals surface area contributed by atoms with Crippen LogP contribution in [-0.4, -0.2) is 44.9 Å². The fourth-order valence-corrected chi connectivity index (χ4v) is 4.33. The zero-order chi connectivity index (χ0) is 22.1. The Morgan fingerprint density at radius 1 is 1.16 bits per heavy atom. The second-order valence-electron chi connectivity index (χ2n) is 8.12. The molecule has 0 saturated carbocycles. The zero-order valence-electron chi connectivity index (χ0n) is 18.3. The zero-order valence-corrected chi connectivity index (χ0v) is 18.3. The highest BCUT2D eigenvalue weighted by Crippen LogP contribution is 2.34. The van der Waals surface area contributed by atoms with Gasteiger partial charge in [-0.2, -0.15) is 14.6 Å². The van der Waals surface area contributed by atoms with E-state index in [0.29, 0.717) is 17.3 Å². The lowest BCUT2D eigenvalue weighted by atomic mass is 10.1. The number of nitrogens with one attached hydrogen (secondary N) is 1. The van der Waals surface area contributed by atoms with E-state index in [9.17, 15) is 4.79 Å². The number of aryl methyl sites for hydroxylation is 1. The number of piperidine rings is 1. The fraction of sp³-hybridized carbons (Fsp3) is 0.391. The quantitative estimate of drug-likeness (QED) is 0.497. The lowest BCUT2D eigenvalue weighted by Gasteiger charge is -2.28. The Morgan fingerprint density at radius 2 is 1.94 bits per heavy atom. The molecule has 0 radical (unpaired) electrons. The lowest BCUT2D eigenvalue weighted by molar-refractivity contribution is 0.174. The average molecular weight is 435 g/mol. The van der Waals surface area contributed by atoms with Gasteiger partial charge in [0, 0.05) is 37.0 Å². The first-order valence-electron chi connectivity index (χ1n) is 10.9. The van der Waals surface area contributed by atoms with Crippen molar-refractivity contribution in [2.45, 2.75) is 39.2 Å². The molecule has 1 N–H and O–H groups in total. The highest BCUT2D eigenvalue weighted by atomic mass is 16.5. The van der Waals surface area contributed by atoms with Crippen LogP contribution in [0.4, 0.5) is 5.69 Å². The Hall–Kier alpha value is -3.46. The van der Waals surface area contributed by atoms with E-state index in [4.69, 9.17) is 14.4 Å². The molecule has 32 heavy (non-hydrogen) atoms. The minimum Gasteiger partial charge on any atom is -0.377 e. The van der Waals surface area contributed by atoms with Gasteiger partial charge in [-0.05, 0) is 26.2 Å². The number of fused-ring (bicyclic) bond motifs is 1. The maximum absolute atomic E-state index is 13.5. The summed E-state index contributed by atoms with van der Waals surface area (Å²) >= 11 is 0. The smallest absolute Gasteiger partial charge is 0.278 e. The summed E-state index contributed by atoms with van der Waals surface area (Å²) in [6, 6.07) is 10.0. The summed E-state index contributed by atoms with van der Waals surface area (Å²) in [4.78, 5) is 23.6. The van der Waals surface area contributed by atoms with E-state index >= 15 is 0 Å². The van der Waals surface area contributed by atoms with Gasteiger partial charge in [0.1, 0.15) is 18.0 Å². The van der Waals surface area contributed by atoms with Gasteiger partial charge >= 0.3 is 0 Å². The third kappa shape index (κ3) is 3.69. The molecular formula is C23H26N6O3. The molecule has 0 aliphatic carbocycles. The third-order valence-corrected chi connectivity index (χ3v) is 5.90. The minimum absolute atomic E-state index is 0.178. The summed E-state index contributed by atoms with van der Waals surface area (Å²) in [5.41, 5.74) is 4.67. The van der Waals surface area contributed by atoms with Gasteiger partial charge in [0.05, 0.1) is 6.42 Å². The number of H-pyrrole nitrogens is 1. The molecule has 9 heteroatoms. The molecule has 5 rings (SSSR count). The topological polar surface area (TPSA) is 102 Å². The molecule has 1 saturated heterocycles. The first-order chi connectivity index (χ1) is 15.7. The number of benzene rings is 1. The van der Waals surface area contributed by atoms with E-state index in [1.807, 2.05) is 37.3 Å². The predicted molar refractivity (Wildman–Crippen MR) is 120 cm³/mol. The van der Waals surface area contributed by atoms with Crippen LogP contribution in [-0.2, 0) is 17.8 Å². The second kappa shape index (κ2) is 8.58. The van der Waals surface area contributed by atoms with Crippen molar-refractivity contribution < 1.29 is 9.26 Å². The number of hydrogen-bond acceptors (Lipinski definition) is 7. The standard InChI is InChI=1S/C23H26N6O3/c1-15-17(13-19-25-18(14-31-2)27-32-19)23(30)29-22(24-15)21(28-11-7-4-8-12-28)20(26-29)16-9-5-3-6-10-16/h3,5-6,9-10,24H,4,7-8,11-14H2,1-2H3. The van der Waals surface area contributed by atoms with Crippen molar-refractivity contribution in [1.29, 1.82) is 0 Å². The van der Waals surface area contributed by atoms with E-state index in [0.717, 1.165) is 54.2 Å². The van der Waals surface area contributed by atoms with Crippen molar-refractivity contribution in [3.05, 3.63) is 63.7 Å². The number of rotatable bonds is 6. The van der Waals surface area contributed by atoms with Crippen molar-refractivity contribution in [3.63, 3.8) is 0 Å². The molecule has 0 unspecified atom stereocenters. The molecule has 1 fully saturated rings. The number of aromatic amines is 1. The largest absolute Gasteiger partial charge is 0.377 e. The van der Waals surface area contributed by atoms with Crippen molar-refractivity contribution in [2.75, 3.05) is 25.1 Å². The van der Waals surface area contributed by atoms with Crippen LogP contribution < -0.4 is 10.5 Å². The van der Waals surface area contributed by atoms with Crippen LogP contribution in [0.2, 0.25) is 0 Å². The molecule has 1 aromatic carbocycles. The molecule has 0 spiro atoms. The second-order valence-corrected chi connectivity index (χ2v) is 8.12. The summed E-state index contributed by atoms with van der Waals surface area (Å²) in [6.07, 6.45) is 3.72. The maximum atomic E-state index is 13.5. The summed E-state index contributed by atoms with van der Waals surface area (Å²) in [5, 5.41) is 8.67. The lowest BCUT2D eigenvalue weighted by Crippen LogP contribution is -2.30. The normalized spacial score (nSPS) is 14.4. The van der Waals surface area contributed by atoms with Gasteiger partial charge in [-0.3, -0.25) is 4.79 Å². The fourth-order valence-electron chi connectivity index (χ4n) is 4.33. The van der Waals surface area contributed by atoms with Crippen LogP contribution in [0, 0.1) is 6.92 Å². The summed E-state index contributed by atoms with van der Waals surface area (Å²) < 4.78 is 11.8. The van der Waals surface area contributed by atoms with Crippen LogP contribution in [0.3, 0.4) is 0 Å². The Bertz CT molecular complexity index is 1280. The molecule has 9 nitrogen and oxygen atoms in total. The first kappa shape index (κ1) is 20.4. The van der Waals surface area contributed by atoms with Crippen LogP contribution in [0.1, 0.15) is 42.2 Å². The predicted octanol–water partition coefficient (Wildman–Crippen LogP) is 3.11. The van der Waals surface area contributed by atoms with Gasteiger partial charge in [0.15, 0.2) is 11.5 Å². The van der Waals surface area contributed by atoms with Crippen molar-refractivity contribution in [3.8, 4) is 11.3 Å². The molecule has 1 aliphatic rings. The van der Waals surface area contributed by atoms with Crippen LogP contribution in [0.5, 0.6) is 0 Å². The SMILES string of the molecule is COCc1noc(Cc2c(C)[nH]c3c(N4CCCCC4)c(-c4ccccc4)nn3c2=O)n1. The van der Waals surface area contributed by atoms with Crippen LogP contribution in [0.25, 0.3) is 16.9 Å². The summed E-state index contributed by atoms with van der Waals surface area (Å²) in [7, 11) is 1.57. The van der Waals surface area contributed by atoms with Crippen molar-refractivity contribution >= 4 is 11.3 Å². The van der Waals surface area contributed by atoms with Gasteiger partial charge in [-0.25, -0.2) is 0 Å². The van der Waals surface area contributed by atoms with Gasteiger partial charge in [0.2, 0.25) is 5.89 Å². The minimum atomic E-state index is -0.178. The van der Waals surface area contributed by atoms with Crippen LogP contribution in [0.15, 0.2) is 39.6 Å². The van der Waals surface area contributed by atoms with E-state index in [-0.39, 0.29) is 18.6 Å². The maximum Gasteiger partial charge on any atom is 0.278 e. The Kier molecular flexibility index (Phi) is 5.48. The van der Waals surface area contributed by atoms with E-state index in [1.165, 1.54) is 10.9 Å². The van der Waals surface area contributed by atoms with E-state index in [1.54, 1.807) is 7.11 Å². The molecule has 166 valence electrons. The van der Waals surface area contributed by atoms with Gasteiger partial charge in [-0.15, -0.1) is 0 Å². The van der Waals surface area contributed by atoms with Gasteiger partial charge in [-0.1, -0.05) is 35.5 Å². The number of anilines is 1. The van der Waals surface area contributed by atoms with Gasteiger partial charge < -0.3 is 19.1 Å². The molecule has 1 aliphatic heterocycles. The Morgan fingerprint density at radius 3 is 2.69 bits per heavy atom. The number of hydrogen-bond donors (Lipinski definition) is 1. The molecule has 4 heterocycles. The number of methoxy groups -OCH3 is 1. The highest BCUT2D eigenvalue weighted by Gasteiger charge is 2.25. The van der Waals surface area contributed by atoms with Crippen molar-refractivity contribution in [1.82, 2.24) is 24.7 Å². The monoisotopic (exact) mass is 434 g/mol. The number of aromatic nitrogens is 5. The van der Waals surface area contributed by atoms with E-state index < -0.39 is 0 Å². The molecule has 3 aromatic heterocycles. The van der Waals surface area contributed by atoms with Gasteiger partial charge in [0.25, 0.3) is 5.56 Å². The Labute approximate surface area is 185 Å². The first-order valence-corrected chi connectivity index (χ1v) is 10.9.